The standard InChI is InChI=1S/C21H27N3O2S/c1-16(24-10-2-4-19(24)20-5-3-15-27-20)21(25)22-17-6-8-18(9-7-17)23-11-13-26-14-12-23/h3,5-9,15-16,19H,2,4,10-14H2,1H3,(H,22,25)/t16-,19+/m1/s1. The summed E-state index contributed by atoms with van der Waals surface area (Å²) < 4.78 is 5.41. The van der Waals surface area contributed by atoms with E-state index in [9.17, 15) is 4.79 Å². The van der Waals surface area contributed by atoms with E-state index >= 15 is 0 Å². The summed E-state index contributed by atoms with van der Waals surface area (Å²) in [4.78, 5) is 18.8. The van der Waals surface area contributed by atoms with Crippen LogP contribution in [0.25, 0.3) is 0 Å². The van der Waals surface area contributed by atoms with E-state index in [1.165, 1.54) is 10.6 Å². The summed E-state index contributed by atoms with van der Waals surface area (Å²) in [6.45, 7) is 6.38. The van der Waals surface area contributed by atoms with Crippen molar-refractivity contribution in [1.82, 2.24) is 4.90 Å². The van der Waals surface area contributed by atoms with Gasteiger partial charge in [-0.1, -0.05) is 6.07 Å². The third-order valence-electron chi connectivity index (χ3n) is 5.55. The Balaban J connectivity index is 1.38. The Labute approximate surface area is 164 Å². The molecule has 1 aromatic carbocycles. The lowest BCUT2D eigenvalue weighted by Gasteiger charge is -2.30. The molecule has 5 nitrogen and oxygen atoms in total. The molecule has 2 aliphatic heterocycles. The van der Waals surface area contributed by atoms with Crippen molar-refractivity contribution in [3.63, 3.8) is 0 Å². The Morgan fingerprint density at radius 2 is 1.96 bits per heavy atom. The van der Waals surface area contributed by atoms with Gasteiger partial charge in [0.2, 0.25) is 5.91 Å². The Morgan fingerprint density at radius 1 is 1.19 bits per heavy atom. The van der Waals surface area contributed by atoms with Gasteiger partial charge in [-0.15, -0.1) is 11.3 Å². The van der Waals surface area contributed by atoms with E-state index in [1.807, 2.05) is 19.1 Å². The van der Waals surface area contributed by atoms with E-state index in [0.29, 0.717) is 6.04 Å². The van der Waals surface area contributed by atoms with Gasteiger partial charge in [-0.25, -0.2) is 0 Å². The number of amides is 1. The molecule has 27 heavy (non-hydrogen) atoms. The SMILES string of the molecule is C[C@H](C(=O)Nc1ccc(N2CCOCC2)cc1)N1CCC[C@H]1c1cccs1. The number of morpholine rings is 1. The molecular weight excluding hydrogens is 358 g/mol. The predicted octanol–water partition coefficient (Wildman–Crippen LogP) is 3.75. The summed E-state index contributed by atoms with van der Waals surface area (Å²) in [6.07, 6.45) is 2.28. The second-order valence-corrected chi connectivity index (χ2v) is 8.20. The van der Waals surface area contributed by atoms with Crippen molar-refractivity contribution in [3.05, 3.63) is 46.7 Å². The topological polar surface area (TPSA) is 44.8 Å². The van der Waals surface area contributed by atoms with Gasteiger partial charge in [0.15, 0.2) is 0 Å². The first-order valence-corrected chi connectivity index (χ1v) is 10.6. The number of ether oxygens (including phenoxy) is 1. The van der Waals surface area contributed by atoms with Crippen LogP contribution in [0.15, 0.2) is 41.8 Å². The van der Waals surface area contributed by atoms with Gasteiger partial charge in [0.05, 0.1) is 19.3 Å². The van der Waals surface area contributed by atoms with Crippen molar-refractivity contribution in [2.45, 2.75) is 31.8 Å². The second kappa shape index (κ2) is 8.42. The molecule has 2 aliphatic rings. The molecule has 1 aromatic heterocycles. The van der Waals surface area contributed by atoms with Gasteiger partial charge >= 0.3 is 0 Å². The number of carbonyl (C=O) groups excluding carboxylic acids is 1. The molecule has 1 amide bonds. The zero-order valence-corrected chi connectivity index (χ0v) is 16.6. The molecule has 0 radical (unpaired) electrons. The number of rotatable bonds is 5. The number of hydrogen-bond donors (Lipinski definition) is 1. The van der Waals surface area contributed by atoms with Crippen molar-refractivity contribution >= 4 is 28.6 Å². The highest BCUT2D eigenvalue weighted by Crippen LogP contribution is 2.36. The van der Waals surface area contributed by atoms with Gasteiger partial charge in [-0.05, 0) is 62.0 Å². The Bertz CT molecular complexity index is 741. The third kappa shape index (κ3) is 4.18. The van der Waals surface area contributed by atoms with Crippen molar-refractivity contribution in [2.75, 3.05) is 43.1 Å². The average Bonchev–Trinajstić information content (AvgIpc) is 3.40. The molecule has 0 aliphatic carbocycles. The van der Waals surface area contributed by atoms with Gasteiger partial charge in [0.1, 0.15) is 0 Å². The molecule has 0 bridgehead atoms. The lowest BCUT2D eigenvalue weighted by molar-refractivity contribution is -0.121. The first kappa shape index (κ1) is 18.5. The molecule has 2 aromatic rings. The molecule has 2 saturated heterocycles. The van der Waals surface area contributed by atoms with Crippen LogP contribution in [0.2, 0.25) is 0 Å². The smallest absolute Gasteiger partial charge is 0.241 e. The minimum Gasteiger partial charge on any atom is -0.378 e. The summed E-state index contributed by atoms with van der Waals surface area (Å²) >= 11 is 1.79. The fourth-order valence-electron chi connectivity index (χ4n) is 4.01. The summed E-state index contributed by atoms with van der Waals surface area (Å²) in [6, 6.07) is 12.7. The van der Waals surface area contributed by atoms with E-state index < -0.39 is 0 Å². The Hall–Kier alpha value is -1.89. The monoisotopic (exact) mass is 385 g/mol. The van der Waals surface area contributed by atoms with E-state index in [0.717, 1.165) is 51.4 Å². The highest BCUT2D eigenvalue weighted by Gasteiger charge is 2.33. The van der Waals surface area contributed by atoms with E-state index in [-0.39, 0.29) is 11.9 Å². The number of hydrogen-bond acceptors (Lipinski definition) is 5. The number of carbonyl (C=O) groups is 1. The predicted molar refractivity (Wildman–Crippen MR) is 111 cm³/mol. The second-order valence-electron chi connectivity index (χ2n) is 7.22. The van der Waals surface area contributed by atoms with Crippen LogP contribution in [0.4, 0.5) is 11.4 Å². The quantitative estimate of drug-likeness (QED) is 0.851. The van der Waals surface area contributed by atoms with Crippen molar-refractivity contribution < 1.29 is 9.53 Å². The van der Waals surface area contributed by atoms with Crippen LogP contribution in [-0.2, 0) is 9.53 Å². The van der Waals surface area contributed by atoms with Crippen LogP contribution in [-0.4, -0.2) is 49.7 Å². The summed E-state index contributed by atoms with van der Waals surface area (Å²) in [5.41, 5.74) is 2.04. The summed E-state index contributed by atoms with van der Waals surface area (Å²) in [7, 11) is 0. The molecule has 3 heterocycles. The molecule has 6 heteroatoms. The number of anilines is 2. The molecule has 4 rings (SSSR count). The fourth-order valence-corrected chi connectivity index (χ4v) is 4.90. The van der Waals surface area contributed by atoms with Gasteiger partial charge in [-0.2, -0.15) is 0 Å². The molecule has 0 unspecified atom stereocenters. The van der Waals surface area contributed by atoms with Crippen LogP contribution >= 0.6 is 11.3 Å². The van der Waals surface area contributed by atoms with Crippen LogP contribution in [0.1, 0.15) is 30.7 Å². The fraction of sp³-hybridized carbons (Fsp3) is 0.476. The van der Waals surface area contributed by atoms with E-state index in [2.05, 4.69) is 44.8 Å². The Kier molecular flexibility index (Phi) is 5.76. The van der Waals surface area contributed by atoms with Crippen molar-refractivity contribution in [1.29, 1.82) is 0 Å². The van der Waals surface area contributed by atoms with Gasteiger partial charge in [0, 0.05) is 35.4 Å². The van der Waals surface area contributed by atoms with Gasteiger partial charge < -0.3 is 15.0 Å². The maximum Gasteiger partial charge on any atom is 0.241 e. The molecule has 1 N–H and O–H groups in total. The van der Waals surface area contributed by atoms with Crippen LogP contribution < -0.4 is 10.2 Å². The zero-order valence-electron chi connectivity index (χ0n) is 15.8. The maximum absolute atomic E-state index is 12.8. The Morgan fingerprint density at radius 3 is 2.67 bits per heavy atom. The van der Waals surface area contributed by atoms with Gasteiger partial charge in [0.25, 0.3) is 0 Å². The lowest BCUT2D eigenvalue weighted by Crippen LogP contribution is -2.41. The number of nitrogens with one attached hydrogen (secondary N) is 1. The molecule has 2 fully saturated rings. The highest BCUT2D eigenvalue weighted by atomic mass is 32.1. The first-order valence-electron chi connectivity index (χ1n) is 9.75. The number of likely N-dealkylation sites (tertiary alicyclic amines) is 1. The van der Waals surface area contributed by atoms with Crippen molar-refractivity contribution in [3.8, 4) is 0 Å². The van der Waals surface area contributed by atoms with E-state index in [4.69, 9.17) is 4.74 Å². The maximum atomic E-state index is 12.8. The highest BCUT2D eigenvalue weighted by molar-refractivity contribution is 7.10. The first-order chi connectivity index (χ1) is 13.2. The zero-order chi connectivity index (χ0) is 18.6. The largest absolute Gasteiger partial charge is 0.378 e. The van der Waals surface area contributed by atoms with Crippen molar-refractivity contribution in [2.24, 2.45) is 0 Å². The summed E-state index contributed by atoms with van der Waals surface area (Å²) in [5, 5.41) is 5.21. The normalized spacial score (nSPS) is 22.0. The van der Waals surface area contributed by atoms with Crippen LogP contribution in [0.5, 0.6) is 0 Å². The molecule has 2 atom stereocenters. The lowest BCUT2D eigenvalue weighted by atomic mass is 10.1. The number of nitrogens with zero attached hydrogens (tertiary/aromatic N) is 2. The number of benzene rings is 1. The minimum absolute atomic E-state index is 0.0672. The molecular formula is C21H27N3O2S. The molecule has 0 saturated carbocycles. The van der Waals surface area contributed by atoms with E-state index in [1.54, 1.807) is 11.3 Å². The van der Waals surface area contributed by atoms with Gasteiger partial charge in [-0.3, -0.25) is 9.69 Å². The minimum atomic E-state index is -0.140. The van der Waals surface area contributed by atoms with Crippen LogP contribution in [0.3, 0.4) is 0 Å². The summed E-state index contributed by atoms with van der Waals surface area (Å²) in [5.74, 6) is 0.0672. The average molecular weight is 386 g/mol. The number of thiophene rings is 1. The van der Waals surface area contributed by atoms with Crippen LogP contribution in [0, 0.1) is 0 Å². The molecule has 0 spiro atoms. The third-order valence-corrected chi connectivity index (χ3v) is 6.53. The molecule has 144 valence electrons.